The Morgan fingerprint density at radius 1 is 0.852 bits per heavy atom. The van der Waals surface area contributed by atoms with Crippen molar-refractivity contribution in [3.63, 3.8) is 0 Å². The minimum absolute atomic E-state index is 0.117. The summed E-state index contributed by atoms with van der Waals surface area (Å²) in [6, 6.07) is 13.7. The van der Waals surface area contributed by atoms with E-state index in [1.807, 2.05) is 13.8 Å². The Labute approximate surface area is 160 Å². The number of rotatable bonds is 5. The molecule has 7 nitrogen and oxygen atoms in total. The van der Waals surface area contributed by atoms with E-state index in [-0.39, 0.29) is 35.1 Å². The van der Waals surface area contributed by atoms with Gasteiger partial charge < -0.3 is 4.74 Å². The van der Waals surface area contributed by atoms with Crippen LogP contribution in [0.4, 0.5) is 5.69 Å². The summed E-state index contributed by atoms with van der Waals surface area (Å²) in [5, 5.41) is 0. The summed E-state index contributed by atoms with van der Waals surface area (Å²) in [5.74, 6) is 0. The predicted octanol–water partition coefficient (Wildman–Crippen LogP) is 2.29. The second-order valence-electron chi connectivity index (χ2n) is 6.52. The first kappa shape index (κ1) is 19.8. The third-order valence-corrected chi connectivity index (χ3v) is 7.43. The van der Waals surface area contributed by atoms with Crippen molar-refractivity contribution < 1.29 is 21.6 Å². The number of anilines is 1. The Bertz CT molecular complexity index is 980. The highest BCUT2D eigenvalue weighted by Crippen LogP contribution is 2.23. The van der Waals surface area contributed by atoms with Gasteiger partial charge in [-0.2, -0.15) is 4.31 Å². The highest BCUT2D eigenvalue weighted by Gasteiger charge is 2.32. The molecule has 27 heavy (non-hydrogen) atoms. The molecule has 1 saturated heterocycles. The summed E-state index contributed by atoms with van der Waals surface area (Å²) in [6.45, 7) is 4.24. The minimum Gasteiger partial charge on any atom is -0.373 e. The molecule has 1 fully saturated rings. The zero-order valence-electron chi connectivity index (χ0n) is 15.1. The Morgan fingerprint density at radius 2 is 1.41 bits per heavy atom. The van der Waals surface area contributed by atoms with Crippen molar-refractivity contribution in [1.29, 1.82) is 0 Å². The van der Waals surface area contributed by atoms with Gasteiger partial charge in [-0.25, -0.2) is 16.8 Å². The molecule has 0 spiro atoms. The number of hydrogen-bond donors (Lipinski definition) is 1. The van der Waals surface area contributed by atoms with Crippen molar-refractivity contribution >= 4 is 25.7 Å². The summed E-state index contributed by atoms with van der Waals surface area (Å²) in [4.78, 5) is 0.254. The SMILES string of the molecule is C[C@@H]1CN(S(=O)(=O)c2ccc(NS(=O)(=O)c3ccccc3)cc2)C[C@@H](C)O1. The number of nitrogens with zero attached hydrogens (tertiary/aromatic N) is 1. The third kappa shape index (κ3) is 4.49. The average molecular weight is 411 g/mol. The fourth-order valence-electron chi connectivity index (χ4n) is 2.98. The Balaban J connectivity index is 1.79. The van der Waals surface area contributed by atoms with E-state index in [1.165, 1.54) is 40.7 Å². The van der Waals surface area contributed by atoms with Crippen LogP contribution in [-0.2, 0) is 24.8 Å². The highest BCUT2D eigenvalue weighted by molar-refractivity contribution is 7.92. The molecule has 0 amide bonds. The third-order valence-electron chi connectivity index (χ3n) is 4.18. The molecule has 146 valence electrons. The number of morpholine rings is 1. The average Bonchev–Trinajstić information content (AvgIpc) is 2.62. The standard InChI is InChI=1S/C18H22N2O5S2/c1-14-12-20(13-15(2)25-14)27(23,24)18-10-8-16(9-11-18)19-26(21,22)17-6-4-3-5-7-17/h3-11,14-15,19H,12-13H2,1-2H3/t14-,15-/m1/s1. The summed E-state index contributed by atoms with van der Waals surface area (Å²) < 4.78 is 59.8. The van der Waals surface area contributed by atoms with Crippen LogP contribution in [0.2, 0.25) is 0 Å². The van der Waals surface area contributed by atoms with E-state index in [0.29, 0.717) is 5.69 Å². The van der Waals surface area contributed by atoms with E-state index in [4.69, 9.17) is 4.74 Å². The predicted molar refractivity (Wildman–Crippen MR) is 102 cm³/mol. The topological polar surface area (TPSA) is 92.8 Å². The van der Waals surface area contributed by atoms with E-state index < -0.39 is 20.0 Å². The second kappa shape index (κ2) is 7.59. The van der Waals surface area contributed by atoms with Crippen LogP contribution in [0.15, 0.2) is 64.4 Å². The highest BCUT2D eigenvalue weighted by atomic mass is 32.2. The van der Waals surface area contributed by atoms with Crippen LogP contribution in [0, 0.1) is 0 Å². The molecule has 9 heteroatoms. The number of nitrogens with one attached hydrogen (secondary N) is 1. The van der Waals surface area contributed by atoms with E-state index in [1.54, 1.807) is 18.2 Å². The van der Waals surface area contributed by atoms with Crippen molar-refractivity contribution in [3.8, 4) is 0 Å². The van der Waals surface area contributed by atoms with Crippen LogP contribution in [0.25, 0.3) is 0 Å². The van der Waals surface area contributed by atoms with Crippen LogP contribution in [0.1, 0.15) is 13.8 Å². The molecule has 1 aliphatic heterocycles. The van der Waals surface area contributed by atoms with Crippen LogP contribution in [-0.4, -0.2) is 46.4 Å². The molecular formula is C18H22N2O5S2. The van der Waals surface area contributed by atoms with Gasteiger partial charge in [-0.1, -0.05) is 18.2 Å². The number of ether oxygens (including phenoxy) is 1. The van der Waals surface area contributed by atoms with Gasteiger partial charge in [0.1, 0.15) is 0 Å². The molecule has 3 rings (SSSR count). The molecule has 0 radical (unpaired) electrons. The largest absolute Gasteiger partial charge is 0.373 e. The lowest BCUT2D eigenvalue weighted by Gasteiger charge is -2.34. The van der Waals surface area contributed by atoms with Crippen LogP contribution < -0.4 is 4.72 Å². The first-order valence-corrected chi connectivity index (χ1v) is 11.4. The van der Waals surface area contributed by atoms with Crippen molar-refractivity contribution in [2.24, 2.45) is 0 Å². The summed E-state index contributed by atoms with van der Waals surface area (Å²) in [7, 11) is -7.39. The van der Waals surface area contributed by atoms with Gasteiger partial charge in [0, 0.05) is 18.8 Å². The monoisotopic (exact) mass is 410 g/mol. The molecule has 0 aromatic heterocycles. The Hall–Kier alpha value is -1.94. The van der Waals surface area contributed by atoms with Gasteiger partial charge >= 0.3 is 0 Å². The smallest absolute Gasteiger partial charge is 0.261 e. The van der Waals surface area contributed by atoms with Crippen LogP contribution >= 0.6 is 0 Å². The number of hydrogen-bond acceptors (Lipinski definition) is 5. The van der Waals surface area contributed by atoms with Gasteiger partial charge in [0.05, 0.1) is 22.0 Å². The summed E-state index contributed by atoms with van der Waals surface area (Å²) in [6.07, 6.45) is -0.360. The molecular weight excluding hydrogens is 388 g/mol. The first-order valence-electron chi connectivity index (χ1n) is 8.52. The maximum atomic E-state index is 12.8. The van der Waals surface area contributed by atoms with Crippen molar-refractivity contribution in [1.82, 2.24) is 4.31 Å². The minimum atomic E-state index is -3.72. The van der Waals surface area contributed by atoms with Crippen molar-refractivity contribution in [2.75, 3.05) is 17.8 Å². The van der Waals surface area contributed by atoms with Gasteiger partial charge in [-0.3, -0.25) is 4.72 Å². The van der Waals surface area contributed by atoms with E-state index in [9.17, 15) is 16.8 Å². The van der Waals surface area contributed by atoms with E-state index in [2.05, 4.69) is 4.72 Å². The molecule has 1 heterocycles. The van der Waals surface area contributed by atoms with Crippen LogP contribution in [0.5, 0.6) is 0 Å². The summed E-state index contributed by atoms with van der Waals surface area (Å²) >= 11 is 0. The first-order chi connectivity index (χ1) is 12.7. The molecule has 0 saturated carbocycles. The second-order valence-corrected chi connectivity index (χ2v) is 10.1. The molecule has 1 N–H and O–H groups in total. The maximum Gasteiger partial charge on any atom is 0.261 e. The number of sulfonamides is 2. The lowest BCUT2D eigenvalue weighted by molar-refractivity contribution is -0.0440. The van der Waals surface area contributed by atoms with Gasteiger partial charge in [-0.15, -0.1) is 0 Å². The molecule has 2 aromatic carbocycles. The van der Waals surface area contributed by atoms with E-state index >= 15 is 0 Å². The lowest BCUT2D eigenvalue weighted by atomic mass is 10.3. The van der Waals surface area contributed by atoms with Gasteiger partial charge in [0.2, 0.25) is 10.0 Å². The van der Waals surface area contributed by atoms with Crippen LogP contribution in [0.3, 0.4) is 0 Å². The van der Waals surface area contributed by atoms with Crippen molar-refractivity contribution in [3.05, 3.63) is 54.6 Å². The fourth-order valence-corrected chi connectivity index (χ4v) is 5.65. The fraction of sp³-hybridized carbons (Fsp3) is 0.333. The van der Waals surface area contributed by atoms with Crippen molar-refractivity contribution in [2.45, 2.75) is 35.8 Å². The molecule has 2 aromatic rings. The molecule has 0 unspecified atom stereocenters. The molecule has 2 atom stereocenters. The zero-order chi connectivity index (χ0) is 19.7. The quantitative estimate of drug-likeness (QED) is 0.816. The normalized spacial score (nSPS) is 21.7. The van der Waals surface area contributed by atoms with Gasteiger partial charge in [0.25, 0.3) is 10.0 Å². The van der Waals surface area contributed by atoms with E-state index in [0.717, 1.165) is 0 Å². The Morgan fingerprint density at radius 3 is 1.96 bits per heavy atom. The maximum absolute atomic E-state index is 12.8. The summed E-state index contributed by atoms with van der Waals surface area (Å²) in [5.41, 5.74) is 0.293. The Kier molecular flexibility index (Phi) is 5.57. The van der Waals surface area contributed by atoms with Gasteiger partial charge in [-0.05, 0) is 50.2 Å². The number of benzene rings is 2. The lowest BCUT2D eigenvalue weighted by Crippen LogP contribution is -2.48. The van der Waals surface area contributed by atoms with Gasteiger partial charge in [0.15, 0.2) is 0 Å². The zero-order valence-corrected chi connectivity index (χ0v) is 16.7. The molecule has 0 aliphatic carbocycles. The molecule has 0 bridgehead atoms. The molecule has 1 aliphatic rings.